The lowest BCUT2D eigenvalue weighted by atomic mass is 9.40. The Hall–Kier alpha value is -1.03. The molecule has 0 aromatic rings. The second kappa shape index (κ2) is 5.27. The van der Waals surface area contributed by atoms with Gasteiger partial charge in [-0.25, -0.2) is 0 Å². The fraction of sp³-hybridized carbons (Fsp3) is 0.864. The summed E-state index contributed by atoms with van der Waals surface area (Å²) in [6.45, 7) is 7.89. The number of carbonyl (C=O) groups excluding carboxylic acids is 3. The fourth-order valence-electron chi connectivity index (χ4n) is 7.77. The van der Waals surface area contributed by atoms with Gasteiger partial charge in [0.25, 0.3) is 0 Å². The van der Waals surface area contributed by atoms with Crippen molar-refractivity contribution in [2.75, 3.05) is 0 Å². The third-order valence-corrected chi connectivity index (χ3v) is 9.60. The summed E-state index contributed by atoms with van der Waals surface area (Å²) in [4.78, 5) is 37.9. The molecule has 0 saturated heterocycles. The van der Waals surface area contributed by atoms with Crippen molar-refractivity contribution in [3.05, 3.63) is 0 Å². The largest absolute Gasteiger partial charge is 0.381 e. The Morgan fingerprint density at radius 2 is 1.69 bits per heavy atom. The molecule has 4 heteroatoms. The molecule has 4 rings (SSSR count). The number of carbonyl (C=O) groups is 3. The Kier molecular flexibility index (Phi) is 3.72. The van der Waals surface area contributed by atoms with Crippen LogP contribution in [-0.2, 0) is 14.4 Å². The molecular weight excluding hydrogens is 328 g/mol. The number of hydrogen-bond acceptors (Lipinski definition) is 4. The predicted octanol–water partition coefficient (Wildman–Crippen LogP) is 3.49. The monoisotopic (exact) mass is 360 g/mol. The van der Waals surface area contributed by atoms with Gasteiger partial charge < -0.3 is 5.11 Å². The van der Waals surface area contributed by atoms with Crippen LogP contribution in [0.15, 0.2) is 0 Å². The van der Waals surface area contributed by atoms with Crippen LogP contribution in [0.1, 0.15) is 79.1 Å². The first-order valence-electron chi connectivity index (χ1n) is 10.3. The van der Waals surface area contributed by atoms with E-state index in [1.54, 1.807) is 0 Å². The Bertz CT molecular complexity index is 698. The minimum absolute atomic E-state index is 0.0262. The van der Waals surface area contributed by atoms with Crippen LogP contribution in [0.3, 0.4) is 0 Å². The molecule has 7 atom stereocenters. The Labute approximate surface area is 156 Å². The van der Waals surface area contributed by atoms with E-state index in [0.29, 0.717) is 31.5 Å². The van der Waals surface area contributed by atoms with E-state index in [4.69, 9.17) is 0 Å². The topological polar surface area (TPSA) is 71.4 Å². The normalized spacial score (nSPS) is 53.7. The van der Waals surface area contributed by atoms with Crippen LogP contribution >= 0.6 is 0 Å². The highest BCUT2D eigenvalue weighted by atomic mass is 16.3. The Morgan fingerprint density at radius 3 is 2.35 bits per heavy atom. The second-order valence-electron chi connectivity index (χ2n) is 10.5. The van der Waals surface area contributed by atoms with Crippen LogP contribution < -0.4 is 0 Å². The van der Waals surface area contributed by atoms with E-state index < -0.39 is 11.0 Å². The van der Waals surface area contributed by atoms with Crippen molar-refractivity contribution in [2.45, 2.75) is 84.7 Å². The summed E-state index contributed by atoms with van der Waals surface area (Å²) in [5, 5.41) is 11.2. The zero-order valence-corrected chi connectivity index (χ0v) is 16.6. The lowest BCUT2D eigenvalue weighted by Crippen LogP contribution is -2.63. The van der Waals surface area contributed by atoms with Gasteiger partial charge in [-0.1, -0.05) is 20.8 Å². The number of aliphatic hydroxyl groups is 1. The van der Waals surface area contributed by atoms with Crippen LogP contribution in [0.2, 0.25) is 0 Å². The van der Waals surface area contributed by atoms with Gasteiger partial charge in [0.15, 0.2) is 5.78 Å². The van der Waals surface area contributed by atoms with E-state index in [1.165, 1.54) is 6.92 Å². The molecule has 0 aromatic carbocycles. The summed E-state index contributed by atoms with van der Waals surface area (Å²) in [7, 11) is 0. The highest BCUT2D eigenvalue weighted by Crippen LogP contribution is 2.70. The fourth-order valence-corrected chi connectivity index (χ4v) is 7.77. The smallest absolute Gasteiger partial charge is 0.161 e. The molecule has 0 amide bonds. The van der Waals surface area contributed by atoms with Gasteiger partial charge in [-0.3, -0.25) is 14.4 Å². The van der Waals surface area contributed by atoms with Gasteiger partial charge in [0.1, 0.15) is 17.2 Å². The van der Waals surface area contributed by atoms with Crippen molar-refractivity contribution in [2.24, 2.45) is 34.0 Å². The molecule has 4 aliphatic carbocycles. The van der Waals surface area contributed by atoms with Crippen molar-refractivity contribution < 1.29 is 19.5 Å². The molecule has 0 radical (unpaired) electrons. The molecule has 0 aliphatic heterocycles. The summed E-state index contributed by atoms with van der Waals surface area (Å²) < 4.78 is 0. The van der Waals surface area contributed by atoms with E-state index in [2.05, 4.69) is 13.8 Å². The number of rotatable bonds is 1. The molecule has 0 heterocycles. The van der Waals surface area contributed by atoms with E-state index in [0.717, 1.165) is 25.7 Å². The molecule has 7 unspecified atom stereocenters. The lowest BCUT2D eigenvalue weighted by molar-refractivity contribution is -0.187. The van der Waals surface area contributed by atoms with Gasteiger partial charge >= 0.3 is 0 Å². The van der Waals surface area contributed by atoms with Gasteiger partial charge in [-0.2, -0.15) is 0 Å². The molecule has 4 nitrogen and oxygen atoms in total. The maximum atomic E-state index is 13.5. The third kappa shape index (κ3) is 1.97. The maximum Gasteiger partial charge on any atom is 0.161 e. The number of Topliss-reactive ketones (excluding diaryl/α,β-unsaturated/α-hetero) is 3. The average molecular weight is 360 g/mol. The van der Waals surface area contributed by atoms with E-state index in [9.17, 15) is 19.5 Å². The van der Waals surface area contributed by atoms with Crippen LogP contribution in [0.25, 0.3) is 0 Å². The molecule has 0 aromatic heterocycles. The molecular formula is C22H32O4. The van der Waals surface area contributed by atoms with E-state index in [1.807, 2.05) is 6.92 Å². The molecule has 1 N–H and O–H groups in total. The summed E-state index contributed by atoms with van der Waals surface area (Å²) in [6.07, 6.45) is 5.49. The van der Waals surface area contributed by atoms with Gasteiger partial charge in [-0.15, -0.1) is 0 Å². The Balaban J connectivity index is 1.76. The van der Waals surface area contributed by atoms with Gasteiger partial charge in [0.05, 0.1) is 0 Å². The van der Waals surface area contributed by atoms with Crippen LogP contribution in [0.5, 0.6) is 0 Å². The van der Waals surface area contributed by atoms with Crippen LogP contribution in [0, 0.1) is 34.0 Å². The van der Waals surface area contributed by atoms with Crippen molar-refractivity contribution in [3.63, 3.8) is 0 Å². The first-order chi connectivity index (χ1) is 12.0. The highest BCUT2D eigenvalue weighted by Gasteiger charge is 2.70. The van der Waals surface area contributed by atoms with Crippen molar-refractivity contribution in [3.8, 4) is 0 Å². The highest BCUT2D eigenvalue weighted by molar-refractivity contribution is 5.91. The quantitative estimate of drug-likeness (QED) is 0.777. The first-order valence-corrected chi connectivity index (χ1v) is 10.3. The minimum Gasteiger partial charge on any atom is -0.381 e. The van der Waals surface area contributed by atoms with Crippen molar-refractivity contribution in [1.82, 2.24) is 0 Å². The molecule has 26 heavy (non-hydrogen) atoms. The number of hydrogen-bond donors (Lipinski definition) is 1. The second-order valence-corrected chi connectivity index (χ2v) is 10.5. The van der Waals surface area contributed by atoms with Crippen molar-refractivity contribution in [1.29, 1.82) is 0 Å². The Morgan fingerprint density at radius 1 is 1.00 bits per heavy atom. The van der Waals surface area contributed by atoms with Crippen LogP contribution in [0.4, 0.5) is 0 Å². The van der Waals surface area contributed by atoms with E-state index in [-0.39, 0.29) is 40.2 Å². The average Bonchev–Trinajstić information content (AvgIpc) is 2.81. The molecule has 4 fully saturated rings. The predicted molar refractivity (Wildman–Crippen MR) is 97.4 cm³/mol. The number of fused-ring (bicyclic) bond motifs is 5. The van der Waals surface area contributed by atoms with E-state index >= 15 is 0 Å². The van der Waals surface area contributed by atoms with Crippen molar-refractivity contribution >= 4 is 17.3 Å². The third-order valence-electron chi connectivity index (χ3n) is 9.60. The number of ketones is 3. The molecule has 4 saturated carbocycles. The first kappa shape index (κ1) is 18.3. The summed E-state index contributed by atoms with van der Waals surface area (Å²) >= 11 is 0. The van der Waals surface area contributed by atoms with Gasteiger partial charge in [0, 0.05) is 30.6 Å². The lowest BCUT2D eigenvalue weighted by Gasteiger charge is -2.63. The summed E-state index contributed by atoms with van der Waals surface area (Å²) in [5.41, 5.74) is -2.23. The minimum atomic E-state index is -1.36. The summed E-state index contributed by atoms with van der Waals surface area (Å²) in [6, 6.07) is 0. The molecule has 0 bridgehead atoms. The SMILES string of the molecule is CC(=O)C1(O)CCC2C3CCC4(C)CC(=O)CCC4(C)C3C(=O)CC21C. The maximum absolute atomic E-state index is 13.5. The van der Waals surface area contributed by atoms with Crippen LogP contribution in [-0.4, -0.2) is 28.1 Å². The van der Waals surface area contributed by atoms with Gasteiger partial charge in [-0.05, 0) is 61.7 Å². The van der Waals surface area contributed by atoms with Gasteiger partial charge in [0.2, 0.25) is 0 Å². The summed E-state index contributed by atoms with van der Waals surface area (Å²) in [5.74, 6) is 0.797. The molecule has 144 valence electrons. The molecule has 0 spiro atoms. The standard InChI is InChI=1S/C22H32O4/c1-13(23)22(26)10-7-16-15-6-8-19(2)11-14(24)5-9-20(19,3)18(15)17(25)12-21(16,22)4/h15-16,18,26H,5-12H2,1-4H3. The zero-order chi connectivity index (χ0) is 19.1. The molecule has 4 aliphatic rings. The zero-order valence-electron chi connectivity index (χ0n) is 16.6.